The van der Waals surface area contributed by atoms with Gasteiger partial charge in [0.15, 0.2) is 11.5 Å². The molecule has 1 heterocycles. The number of hydrogen-bond acceptors (Lipinski definition) is 5. The van der Waals surface area contributed by atoms with Gasteiger partial charge in [-0.15, -0.1) is 0 Å². The Labute approximate surface area is 132 Å². The number of benzene rings is 1. The zero-order valence-electron chi connectivity index (χ0n) is 12.0. The number of Topliss-reactive ketones (excluding diaryl/α,β-unsaturated/α-hetero) is 1. The highest BCUT2D eigenvalue weighted by Gasteiger charge is 2.24. The average molecular weight is 334 g/mol. The molecule has 3 rings (SSSR count). The third kappa shape index (κ3) is 3.17. The van der Waals surface area contributed by atoms with Crippen LogP contribution in [0.15, 0.2) is 39.6 Å². The maximum absolute atomic E-state index is 12.2. The summed E-state index contributed by atoms with van der Waals surface area (Å²) in [5.74, 6) is 0.0684. The monoisotopic (exact) mass is 334 g/mol. The van der Waals surface area contributed by atoms with E-state index in [4.69, 9.17) is 9.56 Å². The molecule has 1 aliphatic rings. The number of fused-ring (bicyclic) bond motifs is 1. The second kappa shape index (κ2) is 5.64. The lowest BCUT2D eigenvalue weighted by atomic mass is 9.97. The van der Waals surface area contributed by atoms with E-state index in [0.29, 0.717) is 29.9 Å². The number of furan rings is 1. The fourth-order valence-electron chi connectivity index (χ4n) is 2.43. The largest absolute Gasteiger partial charge is 0.455 e. The summed E-state index contributed by atoms with van der Waals surface area (Å²) in [6.45, 7) is 0. The second-order valence-corrected chi connectivity index (χ2v) is 6.81. The molecule has 0 radical (unpaired) electrons. The van der Waals surface area contributed by atoms with Gasteiger partial charge >= 0.3 is 0 Å². The van der Waals surface area contributed by atoms with Gasteiger partial charge in [0.25, 0.3) is 5.91 Å². The summed E-state index contributed by atoms with van der Waals surface area (Å²) in [6.07, 6.45) is 1.81. The van der Waals surface area contributed by atoms with Crippen molar-refractivity contribution in [2.75, 3.05) is 5.32 Å². The molecule has 1 aromatic heterocycles. The lowest BCUT2D eigenvalue weighted by Crippen LogP contribution is -2.13. The van der Waals surface area contributed by atoms with Gasteiger partial charge in [-0.3, -0.25) is 9.59 Å². The van der Waals surface area contributed by atoms with Gasteiger partial charge in [0.2, 0.25) is 10.0 Å². The Balaban J connectivity index is 1.78. The van der Waals surface area contributed by atoms with Crippen LogP contribution in [0.5, 0.6) is 0 Å². The maximum atomic E-state index is 12.2. The molecule has 3 N–H and O–H groups in total. The predicted molar refractivity (Wildman–Crippen MR) is 81.7 cm³/mol. The highest BCUT2D eigenvalue weighted by molar-refractivity contribution is 7.89. The van der Waals surface area contributed by atoms with Crippen LogP contribution in [-0.4, -0.2) is 20.1 Å². The first-order valence-corrected chi connectivity index (χ1v) is 8.49. The van der Waals surface area contributed by atoms with Crippen LogP contribution in [0, 0.1) is 0 Å². The van der Waals surface area contributed by atoms with E-state index in [9.17, 15) is 18.0 Å². The number of hydrogen-bond donors (Lipinski definition) is 2. The Bertz CT molecular complexity index is 881. The van der Waals surface area contributed by atoms with Crippen LogP contribution >= 0.6 is 0 Å². The smallest absolute Gasteiger partial charge is 0.291 e. The first-order valence-electron chi connectivity index (χ1n) is 6.95. The van der Waals surface area contributed by atoms with Crippen LogP contribution in [0.3, 0.4) is 0 Å². The first kappa shape index (κ1) is 15.4. The molecule has 1 aromatic carbocycles. The quantitative estimate of drug-likeness (QED) is 0.885. The fraction of sp³-hybridized carbons (Fsp3) is 0.200. The van der Waals surface area contributed by atoms with Crippen molar-refractivity contribution in [3.63, 3.8) is 0 Å². The second-order valence-electron chi connectivity index (χ2n) is 5.25. The van der Waals surface area contributed by atoms with Crippen LogP contribution < -0.4 is 10.5 Å². The van der Waals surface area contributed by atoms with E-state index < -0.39 is 15.9 Å². The van der Waals surface area contributed by atoms with E-state index in [1.54, 1.807) is 0 Å². The number of carbonyl (C=O) groups is 2. The predicted octanol–water partition coefficient (Wildman–Crippen LogP) is 1.70. The minimum atomic E-state index is -3.78. The van der Waals surface area contributed by atoms with E-state index in [-0.39, 0.29) is 16.4 Å². The number of nitrogens with one attached hydrogen (secondary N) is 1. The first-order chi connectivity index (χ1) is 10.8. The van der Waals surface area contributed by atoms with Crippen molar-refractivity contribution >= 4 is 27.4 Å². The number of carbonyl (C=O) groups excluding carboxylic acids is 2. The summed E-state index contributed by atoms with van der Waals surface area (Å²) >= 11 is 0. The van der Waals surface area contributed by atoms with Gasteiger partial charge in [0.1, 0.15) is 5.76 Å². The van der Waals surface area contributed by atoms with Gasteiger partial charge in [-0.05, 0) is 30.7 Å². The Morgan fingerprint density at radius 3 is 2.48 bits per heavy atom. The Morgan fingerprint density at radius 2 is 1.87 bits per heavy atom. The number of anilines is 1. The molecule has 0 spiro atoms. The number of rotatable bonds is 3. The van der Waals surface area contributed by atoms with Crippen molar-refractivity contribution < 1.29 is 22.4 Å². The van der Waals surface area contributed by atoms with Crippen molar-refractivity contribution in [1.82, 2.24) is 0 Å². The van der Waals surface area contributed by atoms with Gasteiger partial charge < -0.3 is 9.73 Å². The summed E-state index contributed by atoms with van der Waals surface area (Å²) in [6, 6.07) is 6.88. The van der Waals surface area contributed by atoms with Crippen molar-refractivity contribution in [1.29, 1.82) is 0 Å². The third-order valence-corrected chi connectivity index (χ3v) is 4.51. The zero-order chi connectivity index (χ0) is 16.6. The molecule has 7 nitrogen and oxygen atoms in total. The molecule has 120 valence electrons. The van der Waals surface area contributed by atoms with Crippen LogP contribution in [0.1, 0.15) is 39.5 Å². The minimum Gasteiger partial charge on any atom is -0.455 e. The molecule has 1 amide bonds. The molecule has 8 heteroatoms. The molecule has 0 saturated carbocycles. The maximum Gasteiger partial charge on any atom is 0.291 e. The standard InChI is InChI=1S/C15H14N2O5S/c16-23(20,21)10-6-4-9(5-7-10)17-15(19)14-8-11-12(18)2-1-3-13(11)22-14/h4-8H,1-3H2,(H,17,19)(H2,16,20,21). The highest BCUT2D eigenvalue weighted by Crippen LogP contribution is 2.25. The molecule has 0 saturated heterocycles. The van der Waals surface area contributed by atoms with E-state index in [1.807, 2.05) is 0 Å². The highest BCUT2D eigenvalue weighted by atomic mass is 32.2. The summed E-state index contributed by atoms with van der Waals surface area (Å²) in [7, 11) is -3.78. The number of nitrogens with two attached hydrogens (primary N) is 1. The van der Waals surface area contributed by atoms with Gasteiger partial charge in [-0.1, -0.05) is 0 Å². The molecular formula is C15H14N2O5S. The van der Waals surface area contributed by atoms with Crippen LogP contribution in [0.25, 0.3) is 0 Å². The normalized spacial score (nSPS) is 14.4. The van der Waals surface area contributed by atoms with Gasteiger partial charge in [0.05, 0.1) is 10.5 Å². The lowest BCUT2D eigenvalue weighted by molar-refractivity contribution is 0.0963. The van der Waals surface area contributed by atoms with E-state index >= 15 is 0 Å². The number of sulfonamides is 1. The summed E-state index contributed by atoms with van der Waals surface area (Å²) in [4.78, 5) is 23.9. The topological polar surface area (TPSA) is 119 Å². The summed E-state index contributed by atoms with van der Waals surface area (Å²) in [5, 5.41) is 7.59. The van der Waals surface area contributed by atoms with Gasteiger partial charge in [-0.2, -0.15) is 0 Å². The fourth-order valence-corrected chi connectivity index (χ4v) is 2.94. The molecular weight excluding hydrogens is 320 g/mol. The van der Waals surface area contributed by atoms with Gasteiger partial charge in [0, 0.05) is 24.6 Å². The molecule has 2 aromatic rings. The number of ketones is 1. The van der Waals surface area contributed by atoms with E-state index in [0.717, 1.165) is 6.42 Å². The van der Waals surface area contributed by atoms with Crippen LogP contribution in [0.4, 0.5) is 5.69 Å². The van der Waals surface area contributed by atoms with Crippen molar-refractivity contribution in [3.05, 3.63) is 47.4 Å². The molecule has 0 fully saturated rings. The molecule has 0 unspecified atom stereocenters. The average Bonchev–Trinajstić information content (AvgIpc) is 2.92. The Hall–Kier alpha value is -2.45. The lowest BCUT2D eigenvalue weighted by Gasteiger charge is -2.06. The SMILES string of the molecule is NS(=O)(=O)c1ccc(NC(=O)c2cc3c(o2)CCCC3=O)cc1. The van der Waals surface area contributed by atoms with Crippen molar-refractivity contribution in [2.24, 2.45) is 5.14 Å². The van der Waals surface area contributed by atoms with Crippen molar-refractivity contribution in [2.45, 2.75) is 24.2 Å². The van der Waals surface area contributed by atoms with Crippen LogP contribution in [-0.2, 0) is 16.4 Å². The molecule has 23 heavy (non-hydrogen) atoms. The Morgan fingerprint density at radius 1 is 1.17 bits per heavy atom. The van der Waals surface area contributed by atoms with Gasteiger partial charge in [-0.25, -0.2) is 13.6 Å². The van der Waals surface area contributed by atoms with E-state index in [1.165, 1.54) is 30.3 Å². The molecule has 0 bridgehead atoms. The van der Waals surface area contributed by atoms with E-state index in [2.05, 4.69) is 5.32 Å². The van der Waals surface area contributed by atoms with Crippen molar-refractivity contribution in [3.8, 4) is 0 Å². The molecule has 1 aliphatic carbocycles. The van der Waals surface area contributed by atoms with Crippen LogP contribution in [0.2, 0.25) is 0 Å². The zero-order valence-corrected chi connectivity index (χ0v) is 12.9. The summed E-state index contributed by atoms with van der Waals surface area (Å²) in [5.41, 5.74) is 0.856. The minimum absolute atomic E-state index is 0.0217. The Kier molecular flexibility index (Phi) is 3.78. The number of primary sulfonamides is 1. The summed E-state index contributed by atoms with van der Waals surface area (Å²) < 4.78 is 27.8. The number of amides is 1. The third-order valence-electron chi connectivity index (χ3n) is 3.58. The number of aryl methyl sites for hydroxylation is 1. The molecule has 0 atom stereocenters. The molecule has 0 aliphatic heterocycles.